The Morgan fingerprint density at radius 3 is 2.76 bits per heavy atom. The summed E-state index contributed by atoms with van der Waals surface area (Å²) in [7, 11) is 1.66. The van der Waals surface area contributed by atoms with Crippen molar-refractivity contribution in [2.45, 2.75) is 31.8 Å². The zero-order chi connectivity index (χ0) is 18.0. The molecule has 1 aromatic rings. The minimum atomic E-state index is -0.930. The number of likely N-dealkylation sites (N-methyl/N-ethyl adjacent to an activating group) is 1. The minimum absolute atomic E-state index is 0.00291. The summed E-state index contributed by atoms with van der Waals surface area (Å²) in [5.74, 6) is 0.480. The highest BCUT2D eigenvalue weighted by Gasteiger charge is 2.32. The Hall–Kier alpha value is -2.28. The van der Waals surface area contributed by atoms with Gasteiger partial charge in [-0.15, -0.1) is 0 Å². The molecule has 0 aliphatic carbocycles. The lowest BCUT2D eigenvalue weighted by molar-refractivity contribution is -0.143. The smallest absolute Gasteiger partial charge is 0.320 e. The molecule has 0 radical (unpaired) electrons. The van der Waals surface area contributed by atoms with E-state index in [4.69, 9.17) is 14.6 Å². The number of ether oxygens (including phenoxy) is 2. The van der Waals surface area contributed by atoms with Crippen LogP contribution in [0.4, 0.5) is 0 Å². The molecule has 25 heavy (non-hydrogen) atoms. The van der Waals surface area contributed by atoms with Crippen molar-refractivity contribution in [2.24, 2.45) is 0 Å². The normalized spacial score (nSPS) is 20.6. The van der Waals surface area contributed by atoms with Crippen molar-refractivity contribution in [3.8, 4) is 11.5 Å². The van der Waals surface area contributed by atoms with Crippen molar-refractivity contribution in [1.82, 2.24) is 9.80 Å². The average Bonchev–Trinajstić information content (AvgIpc) is 3.10. The number of hydrogen-bond acceptors (Lipinski definition) is 5. The largest absolute Gasteiger partial charge is 0.486 e. The van der Waals surface area contributed by atoms with E-state index in [1.165, 1.54) is 0 Å². The number of aliphatic carboxylic acids is 1. The number of carbonyl (C=O) groups is 2. The average molecular weight is 348 g/mol. The van der Waals surface area contributed by atoms with Crippen molar-refractivity contribution < 1.29 is 24.2 Å². The van der Waals surface area contributed by atoms with Gasteiger partial charge in [-0.2, -0.15) is 0 Å². The zero-order valence-corrected chi connectivity index (χ0v) is 14.6. The molecule has 1 saturated heterocycles. The Labute approximate surface area is 147 Å². The molecular weight excluding hydrogens is 324 g/mol. The third-order valence-electron chi connectivity index (χ3n) is 4.93. The van der Waals surface area contributed by atoms with Crippen molar-refractivity contribution in [1.29, 1.82) is 0 Å². The number of rotatable bonds is 5. The molecule has 1 fully saturated rings. The fourth-order valence-corrected chi connectivity index (χ4v) is 3.31. The van der Waals surface area contributed by atoms with Gasteiger partial charge in [0.05, 0.1) is 12.6 Å². The number of nitrogens with zero attached hydrogens (tertiary/aromatic N) is 2. The summed E-state index contributed by atoms with van der Waals surface area (Å²) in [6.45, 7) is 3.44. The van der Waals surface area contributed by atoms with Crippen molar-refractivity contribution in [2.75, 3.05) is 33.4 Å². The van der Waals surface area contributed by atoms with Gasteiger partial charge >= 0.3 is 5.97 Å². The number of carbonyl (C=O) groups excluding carboxylic acids is 1. The molecule has 7 nitrogen and oxygen atoms in total. The second kappa shape index (κ2) is 7.31. The maximum atomic E-state index is 12.7. The molecule has 0 spiro atoms. The Balaban J connectivity index is 1.72. The lowest BCUT2D eigenvalue weighted by Crippen LogP contribution is -2.44. The molecule has 1 aromatic carbocycles. The van der Waals surface area contributed by atoms with Gasteiger partial charge in [-0.3, -0.25) is 14.5 Å². The van der Waals surface area contributed by atoms with Gasteiger partial charge in [0.2, 0.25) is 5.91 Å². The SMILES string of the molecule is CC(C(=O)O)N(C)CC(=O)N1CCCC1c1ccc2c(c1)OCCO2. The Kier molecular flexibility index (Phi) is 5.13. The third-order valence-corrected chi connectivity index (χ3v) is 4.93. The van der Waals surface area contributed by atoms with Crippen LogP contribution in [0.25, 0.3) is 0 Å². The molecule has 3 rings (SSSR count). The first kappa shape index (κ1) is 17.5. The quantitative estimate of drug-likeness (QED) is 0.869. The van der Waals surface area contributed by atoms with Crippen LogP contribution < -0.4 is 9.47 Å². The number of amides is 1. The zero-order valence-electron chi connectivity index (χ0n) is 14.6. The van der Waals surface area contributed by atoms with Crippen LogP contribution in [0.5, 0.6) is 11.5 Å². The van der Waals surface area contributed by atoms with Crippen LogP contribution in [-0.2, 0) is 9.59 Å². The molecule has 2 aliphatic heterocycles. The van der Waals surface area contributed by atoms with E-state index in [1.807, 2.05) is 23.1 Å². The first-order chi connectivity index (χ1) is 12.0. The lowest BCUT2D eigenvalue weighted by atomic mass is 10.0. The predicted molar refractivity (Wildman–Crippen MR) is 90.8 cm³/mol. The van der Waals surface area contributed by atoms with Crippen molar-refractivity contribution in [3.63, 3.8) is 0 Å². The van der Waals surface area contributed by atoms with E-state index in [0.717, 1.165) is 29.9 Å². The monoisotopic (exact) mass is 348 g/mol. The maximum absolute atomic E-state index is 12.7. The first-order valence-corrected chi connectivity index (χ1v) is 8.59. The lowest BCUT2D eigenvalue weighted by Gasteiger charge is -2.29. The highest BCUT2D eigenvalue weighted by molar-refractivity contribution is 5.80. The second-order valence-corrected chi connectivity index (χ2v) is 6.58. The van der Waals surface area contributed by atoms with Gasteiger partial charge < -0.3 is 19.5 Å². The van der Waals surface area contributed by atoms with Gasteiger partial charge in [0.1, 0.15) is 19.3 Å². The molecule has 2 unspecified atom stereocenters. The van der Waals surface area contributed by atoms with Crippen LogP contribution >= 0.6 is 0 Å². The van der Waals surface area contributed by atoms with Crippen molar-refractivity contribution >= 4 is 11.9 Å². The van der Waals surface area contributed by atoms with Crippen LogP contribution in [0.3, 0.4) is 0 Å². The van der Waals surface area contributed by atoms with Crippen molar-refractivity contribution in [3.05, 3.63) is 23.8 Å². The molecule has 136 valence electrons. The summed E-state index contributed by atoms with van der Waals surface area (Å²) >= 11 is 0. The van der Waals surface area contributed by atoms with Gasteiger partial charge in [-0.1, -0.05) is 6.07 Å². The van der Waals surface area contributed by atoms with Gasteiger partial charge in [-0.05, 0) is 44.5 Å². The van der Waals surface area contributed by atoms with Crippen LogP contribution in [0, 0.1) is 0 Å². The summed E-state index contributed by atoms with van der Waals surface area (Å²) in [6.07, 6.45) is 1.83. The fourth-order valence-electron chi connectivity index (χ4n) is 3.31. The van der Waals surface area contributed by atoms with Gasteiger partial charge in [0.25, 0.3) is 0 Å². The highest BCUT2D eigenvalue weighted by Crippen LogP contribution is 2.38. The summed E-state index contributed by atoms with van der Waals surface area (Å²) in [6, 6.07) is 5.13. The second-order valence-electron chi connectivity index (χ2n) is 6.58. The number of fused-ring (bicyclic) bond motifs is 1. The third kappa shape index (κ3) is 3.71. The molecule has 1 amide bonds. The number of hydrogen-bond donors (Lipinski definition) is 1. The minimum Gasteiger partial charge on any atom is -0.486 e. The molecule has 0 aromatic heterocycles. The van der Waals surface area contributed by atoms with Crippen LogP contribution in [0.15, 0.2) is 18.2 Å². The fraction of sp³-hybridized carbons (Fsp3) is 0.556. The van der Waals surface area contributed by atoms with Gasteiger partial charge in [-0.25, -0.2) is 0 Å². The van der Waals surface area contributed by atoms with E-state index in [9.17, 15) is 9.59 Å². The summed E-state index contributed by atoms with van der Waals surface area (Å²) < 4.78 is 11.2. The molecule has 2 heterocycles. The number of likely N-dealkylation sites (tertiary alicyclic amines) is 1. The van der Waals surface area contributed by atoms with E-state index in [-0.39, 0.29) is 18.5 Å². The topological polar surface area (TPSA) is 79.3 Å². The molecule has 2 atom stereocenters. The molecule has 2 aliphatic rings. The summed E-state index contributed by atoms with van der Waals surface area (Å²) in [5, 5.41) is 9.08. The van der Waals surface area contributed by atoms with Crippen LogP contribution in [-0.4, -0.2) is 66.2 Å². The predicted octanol–water partition coefficient (Wildman–Crippen LogP) is 1.53. The van der Waals surface area contributed by atoms with E-state index in [2.05, 4.69) is 0 Å². The first-order valence-electron chi connectivity index (χ1n) is 8.59. The van der Waals surface area contributed by atoms with Crippen LogP contribution in [0.2, 0.25) is 0 Å². The maximum Gasteiger partial charge on any atom is 0.320 e. The van der Waals surface area contributed by atoms with Gasteiger partial charge in [0, 0.05) is 6.54 Å². The standard InChI is InChI=1S/C18H24N2O5/c1-12(18(22)23)19(2)11-17(21)20-7-3-4-14(20)13-5-6-15-16(10-13)25-9-8-24-15/h5-6,10,12,14H,3-4,7-9,11H2,1-2H3,(H,22,23). The van der Waals surface area contributed by atoms with Crippen LogP contribution in [0.1, 0.15) is 31.4 Å². The van der Waals surface area contributed by atoms with Gasteiger partial charge in [0.15, 0.2) is 11.5 Å². The summed E-state index contributed by atoms with van der Waals surface area (Å²) in [5.41, 5.74) is 1.03. The Bertz CT molecular complexity index is 663. The number of carboxylic acids is 1. The highest BCUT2D eigenvalue weighted by atomic mass is 16.6. The molecule has 1 N–H and O–H groups in total. The number of benzene rings is 1. The molecule has 0 bridgehead atoms. The molecule has 0 saturated carbocycles. The summed E-state index contributed by atoms with van der Waals surface area (Å²) in [4.78, 5) is 27.2. The van der Waals surface area contributed by atoms with E-state index < -0.39 is 12.0 Å². The van der Waals surface area contributed by atoms with E-state index >= 15 is 0 Å². The van der Waals surface area contributed by atoms with E-state index in [0.29, 0.717) is 19.8 Å². The van der Waals surface area contributed by atoms with E-state index in [1.54, 1.807) is 18.9 Å². The number of carboxylic acid groups (broad SMARTS) is 1. The Morgan fingerprint density at radius 1 is 1.32 bits per heavy atom. The Morgan fingerprint density at radius 2 is 2.04 bits per heavy atom. The molecular formula is C18H24N2O5. The molecule has 7 heteroatoms.